The minimum absolute atomic E-state index is 0.0432. The Labute approximate surface area is 102 Å². The van der Waals surface area contributed by atoms with E-state index < -0.39 is 0 Å². The smallest absolute Gasteiger partial charge is 0.306 e. The molecule has 1 aliphatic carbocycles. The Morgan fingerprint density at radius 2 is 2.31 bits per heavy atom. The van der Waals surface area contributed by atoms with Crippen LogP contribution in [0.25, 0.3) is 0 Å². The molecule has 0 spiro atoms. The third kappa shape index (κ3) is 2.02. The summed E-state index contributed by atoms with van der Waals surface area (Å²) in [4.78, 5) is 23.1. The number of carbonyl (C=O) groups is 2. The molecule has 1 aromatic carbocycles. The molecular formula is C12H11BrO3. The standard InChI is InChI=1S/C12H11BrO3/c1-16-11(14)5-8-4-7-2-3-9(13)6-10(7)12(8)15/h2-3,6,8H,4-5H2,1H3/t8-/m1/s1. The number of fused-ring (bicyclic) bond motifs is 1. The van der Waals surface area contributed by atoms with Gasteiger partial charge in [-0.1, -0.05) is 22.0 Å². The molecule has 2 rings (SSSR count). The lowest BCUT2D eigenvalue weighted by molar-refractivity contribution is -0.141. The van der Waals surface area contributed by atoms with Gasteiger partial charge in [-0.3, -0.25) is 9.59 Å². The zero-order valence-corrected chi connectivity index (χ0v) is 10.4. The fourth-order valence-corrected chi connectivity index (χ4v) is 2.34. The van der Waals surface area contributed by atoms with E-state index >= 15 is 0 Å². The van der Waals surface area contributed by atoms with Crippen molar-refractivity contribution in [3.63, 3.8) is 0 Å². The second-order valence-electron chi connectivity index (χ2n) is 3.85. The number of hydrogen-bond acceptors (Lipinski definition) is 3. The SMILES string of the molecule is COC(=O)C[C@H]1Cc2ccc(Br)cc2C1=O. The van der Waals surface area contributed by atoms with Crippen LogP contribution in [0.15, 0.2) is 22.7 Å². The van der Waals surface area contributed by atoms with Crippen molar-refractivity contribution in [1.29, 1.82) is 0 Å². The second-order valence-corrected chi connectivity index (χ2v) is 4.76. The third-order valence-electron chi connectivity index (χ3n) is 2.82. The molecule has 0 N–H and O–H groups in total. The van der Waals surface area contributed by atoms with Crippen LogP contribution in [0.5, 0.6) is 0 Å². The van der Waals surface area contributed by atoms with Gasteiger partial charge in [-0.05, 0) is 24.1 Å². The van der Waals surface area contributed by atoms with Gasteiger partial charge in [0, 0.05) is 16.0 Å². The van der Waals surface area contributed by atoms with E-state index in [0.717, 1.165) is 15.6 Å². The first-order chi connectivity index (χ1) is 7.61. The summed E-state index contributed by atoms with van der Waals surface area (Å²) in [6.45, 7) is 0. The van der Waals surface area contributed by atoms with E-state index in [1.165, 1.54) is 7.11 Å². The Hall–Kier alpha value is -1.16. The van der Waals surface area contributed by atoms with Crippen LogP contribution in [-0.4, -0.2) is 18.9 Å². The van der Waals surface area contributed by atoms with Crippen LogP contribution in [-0.2, 0) is 16.0 Å². The number of ketones is 1. The van der Waals surface area contributed by atoms with Crippen molar-refractivity contribution in [3.05, 3.63) is 33.8 Å². The number of hydrogen-bond donors (Lipinski definition) is 0. The quantitative estimate of drug-likeness (QED) is 0.783. The maximum atomic E-state index is 12.0. The summed E-state index contributed by atoms with van der Waals surface area (Å²) in [5.74, 6) is -0.538. The molecule has 0 amide bonds. The molecule has 84 valence electrons. The predicted molar refractivity (Wildman–Crippen MR) is 62.3 cm³/mol. The van der Waals surface area contributed by atoms with Crippen molar-refractivity contribution in [2.75, 3.05) is 7.11 Å². The van der Waals surface area contributed by atoms with Crippen LogP contribution in [0.3, 0.4) is 0 Å². The summed E-state index contributed by atoms with van der Waals surface area (Å²) in [5.41, 5.74) is 1.74. The molecule has 3 nitrogen and oxygen atoms in total. The fourth-order valence-electron chi connectivity index (χ4n) is 1.98. The average Bonchev–Trinajstić information content (AvgIpc) is 2.56. The van der Waals surface area contributed by atoms with E-state index in [-0.39, 0.29) is 24.1 Å². The van der Waals surface area contributed by atoms with Gasteiger partial charge < -0.3 is 4.74 Å². The van der Waals surface area contributed by atoms with Crippen LogP contribution < -0.4 is 0 Å². The van der Waals surface area contributed by atoms with Crippen LogP contribution in [0.1, 0.15) is 22.3 Å². The summed E-state index contributed by atoms with van der Waals surface area (Å²) in [7, 11) is 1.34. The Morgan fingerprint density at radius 1 is 1.56 bits per heavy atom. The maximum Gasteiger partial charge on any atom is 0.306 e. The van der Waals surface area contributed by atoms with Crippen molar-refractivity contribution in [1.82, 2.24) is 0 Å². The van der Waals surface area contributed by atoms with Crippen molar-refractivity contribution in [3.8, 4) is 0 Å². The second kappa shape index (κ2) is 4.37. The molecule has 0 unspecified atom stereocenters. The largest absolute Gasteiger partial charge is 0.469 e. The lowest BCUT2D eigenvalue weighted by Gasteiger charge is -2.04. The van der Waals surface area contributed by atoms with Crippen molar-refractivity contribution in [2.45, 2.75) is 12.8 Å². The normalized spacial score (nSPS) is 18.4. The molecule has 1 aliphatic rings. The Bertz CT molecular complexity index is 454. The van der Waals surface area contributed by atoms with Crippen LogP contribution in [0.2, 0.25) is 0 Å². The highest BCUT2D eigenvalue weighted by Gasteiger charge is 2.32. The first-order valence-electron chi connectivity index (χ1n) is 5.01. The minimum Gasteiger partial charge on any atom is -0.469 e. The van der Waals surface area contributed by atoms with Crippen molar-refractivity contribution >= 4 is 27.7 Å². The van der Waals surface area contributed by atoms with Gasteiger partial charge in [0.15, 0.2) is 5.78 Å². The monoisotopic (exact) mass is 282 g/mol. The molecule has 0 radical (unpaired) electrons. The van der Waals surface area contributed by atoms with Gasteiger partial charge >= 0.3 is 5.97 Å². The summed E-state index contributed by atoms with van der Waals surface area (Å²) < 4.78 is 5.47. The Balaban J connectivity index is 2.21. The summed E-state index contributed by atoms with van der Waals surface area (Å²) in [6, 6.07) is 5.65. The molecule has 0 aliphatic heterocycles. The van der Waals surface area contributed by atoms with E-state index in [4.69, 9.17) is 0 Å². The van der Waals surface area contributed by atoms with Gasteiger partial charge in [0.05, 0.1) is 13.5 Å². The summed E-state index contributed by atoms with van der Waals surface area (Å²) >= 11 is 3.33. The van der Waals surface area contributed by atoms with E-state index in [0.29, 0.717) is 6.42 Å². The molecule has 4 heteroatoms. The highest BCUT2D eigenvalue weighted by molar-refractivity contribution is 9.10. The number of Topliss-reactive ketones (excluding diaryl/α,β-unsaturated/α-hetero) is 1. The molecule has 0 fully saturated rings. The molecule has 16 heavy (non-hydrogen) atoms. The average molecular weight is 283 g/mol. The lowest BCUT2D eigenvalue weighted by atomic mass is 10.0. The number of methoxy groups -OCH3 is 1. The first kappa shape index (κ1) is 11.3. The molecular weight excluding hydrogens is 272 g/mol. The highest BCUT2D eigenvalue weighted by Crippen LogP contribution is 2.31. The van der Waals surface area contributed by atoms with E-state index in [2.05, 4.69) is 20.7 Å². The molecule has 1 atom stereocenters. The third-order valence-corrected chi connectivity index (χ3v) is 3.31. The molecule has 0 saturated heterocycles. The van der Waals surface area contributed by atoms with Gasteiger partial charge in [0.2, 0.25) is 0 Å². The molecule has 0 saturated carbocycles. The lowest BCUT2D eigenvalue weighted by Crippen LogP contribution is -2.15. The predicted octanol–water partition coefficient (Wildman–Crippen LogP) is 2.37. The Kier molecular flexibility index (Phi) is 3.10. The minimum atomic E-state index is -0.328. The zero-order chi connectivity index (χ0) is 11.7. The van der Waals surface area contributed by atoms with Crippen LogP contribution >= 0.6 is 15.9 Å². The van der Waals surface area contributed by atoms with Gasteiger partial charge in [-0.2, -0.15) is 0 Å². The number of esters is 1. The first-order valence-corrected chi connectivity index (χ1v) is 5.80. The number of carbonyl (C=O) groups excluding carboxylic acids is 2. The molecule has 0 aromatic heterocycles. The zero-order valence-electron chi connectivity index (χ0n) is 8.83. The van der Waals surface area contributed by atoms with Gasteiger partial charge in [-0.25, -0.2) is 0 Å². The number of halogens is 1. The number of ether oxygens (including phenoxy) is 1. The number of benzene rings is 1. The van der Waals surface area contributed by atoms with Crippen molar-refractivity contribution in [2.24, 2.45) is 5.92 Å². The maximum absolute atomic E-state index is 12.0. The van der Waals surface area contributed by atoms with Crippen molar-refractivity contribution < 1.29 is 14.3 Å². The topological polar surface area (TPSA) is 43.4 Å². The van der Waals surface area contributed by atoms with E-state index in [1.54, 1.807) is 0 Å². The molecule has 1 aromatic rings. The van der Waals surface area contributed by atoms with Crippen LogP contribution in [0, 0.1) is 5.92 Å². The molecule has 0 bridgehead atoms. The van der Waals surface area contributed by atoms with Gasteiger partial charge in [-0.15, -0.1) is 0 Å². The number of rotatable bonds is 2. The van der Waals surface area contributed by atoms with E-state index in [9.17, 15) is 9.59 Å². The van der Waals surface area contributed by atoms with Gasteiger partial charge in [0.25, 0.3) is 0 Å². The summed E-state index contributed by atoms with van der Waals surface area (Å²) in [5, 5.41) is 0. The molecule has 0 heterocycles. The fraction of sp³-hybridized carbons (Fsp3) is 0.333. The van der Waals surface area contributed by atoms with Gasteiger partial charge in [0.1, 0.15) is 0 Å². The summed E-state index contributed by atoms with van der Waals surface area (Å²) in [6.07, 6.45) is 0.804. The Morgan fingerprint density at radius 3 is 3.00 bits per heavy atom. The van der Waals surface area contributed by atoms with E-state index in [1.807, 2.05) is 18.2 Å². The highest BCUT2D eigenvalue weighted by atomic mass is 79.9. The van der Waals surface area contributed by atoms with Crippen LogP contribution in [0.4, 0.5) is 0 Å².